The molecule has 0 bridgehead atoms. The molecule has 0 aliphatic heterocycles. The first-order valence-electron chi connectivity index (χ1n) is 4.60. The van der Waals surface area contributed by atoms with Crippen molar-refractivity contribution in [2.45, 2.75) is 12.4 Å². The van der Waals surface area contributed by atoms with Crippen molar-refractivity contribution in [3.05, 3.63) is 40.4 Å². The topological polar surface area (TPSA) is 43.4 Å². The highest BCUT2D eigenvalue weighted by Crippen LogP contribution is 2.30. The van der Waals surface area contributed by atoms with Gasteiger partial charge in [0.15, 0.2) is 0 Å². The maximum absolute atomic E-state index is 12.2. The van der Waals surface area contributed by atoms with Crippen LogP contribution in [0.5, 0.6) is 0 Å². The minimum atomic E-state index is -5.65. The Labute approximate surface area is 111 Å². The van der Waals surface area contributed by atoms with Gasteiger partial charge in [0.1, 0.15) is 5.76 Å². The second kappa shape index (κ2) is 5.31. The number of allylic oxidation sites excluding steroid dienone is 1. The predicted octanol–water partition coefficient (Wildman–Crippen LogP) is 3.68. The molecule has 0 spiro atoms. The van der Waals surface area contributed by atoms with Crippen LogP contribution in [0.4, 0.5) is 13.2 Å². The summed E-state index contributed by atoms with van der Waals surface area (Å²) in [4.78, 5) is 0. The molecule has 8 heteroatoms. The van der Waals surface area contributed by atoms with E-state index in [-0.39, 0.29) is 11.3 Å². The Morgan fingerprint density at radius 2 is 1.78 bits per heavy atom. The average Bonchev–Trinajstić information content (AvgIpc) is 2.25. The van der Waals surface area contributed by atoms with Gasteiger partial charge in [-0.05, 0) is 25.1 Å². The lowest BCUT2D eigenvalue weighted by Gasteiger charge is -2.12. The van der Waals surface area contributed by atoms with E-state index in [1.165, 1.54) is 19.1 Å². The lowest BCUT2D eigenvalue weighted by Crippen LogP contribution is -2.25. The van der Waals surface area contributed by atoms with Gasteiger partial charge in [0.05, 0.1) is 0 Å². The first-order chi connectivity index (χ1) is 8.17. The smallest absolute Gasteiger partial charge is 0.376 e. The van der Waals surface area contributed by atoms with E-state index in [0.29, 0.717) is 4.47 Å². The van der Waals surface area contributed by atoms with E-state index in [2.05, 4.69) is 20.1 Å². The van der Waals surface area contributed by atoms with Crippen LogP contribution in [0.3, 0.4) is 0 Å². The molecule has 3 nitrogen and oxygen atoms in total. The molecule has 100 valence electrons. The summed E-state index contributed by atoms with van der Waals surface area (Å²) < 4.78 is 63.0. The van der Waals surface area contributed by atoms with E-state index in [4.69, 9.17) is 0 Å². The molecule has 18 heavy (non-hydrogen) atoms. The second-order valence-corrected chi connectivity index (χ2v) is 5.60. The van der Waals surface area contributed by atoms with Crippen LogP contribution in [0.1, 0.15) is 12.5 Å². The fourth-order valence-corrected chi connectivity index (χ4v) is 1.83. The molecule has 0 amide bonds. The highest BCUT2D eigenvalue weighted by Gasteiger charge is 2.48. The van der Waals surface area contributed by atoms with Crippen molar-refractivity contribution in [2.24, 2.45) is 0 Å². The highest BCUT2D eigenvalue weighted by molar-refractivity contribution is 9.10. The average molecular weight is 345 g/mol. The van der Waals surface area contributed by atoms with Crippen molar-refractivity contribution in [3.8, 4) is 0 Å². The van der Waals surface area contributed by atoms with Crippen LogP contribution < -0.4 is 0 Å². The standard InChI is InChI=1S/C10H8BrF3O3S/c1-2-9(7-3-5-8(11)6-4-7)17-18(15,16)10(12,13)14/h2-6H,1H3/b9-2-. The number of alkyl halides is 3. The molecule has 0 aromatic heterocycles. The van der Waals surface area contributed by atoms with Crippen LogP contribution in [0.15, 0.2) is 34.8 Å². The molecule has 0 unspecified atom stereocenters. The zero-order valence-electron chi connectivity index (χ0n) is 9.03. The number of rotatable bonds is 3. The molecular formula is C10H8BrF3O3S. The van der Waals surface area contributed by atoms with Crippen molar-refractivity contribution in [2.75, 3.05) is 0 Å². The molecule has 0 atom stereocenters. The number of halogens is 4. The molecule has 0 aliphatic rings. The van der Waals surface area contributed by atoms with Gasteiger partial charge in [-0.3, -0.25) is 0 Å². The van der Waals surface area contributed by atoms with Crippen LogP contribution in [0.25, 0.3) is 5.76 Å². The first kappa shape index (κ1) is 15.0. The summed E-state index contributed by atoms with van der Waals surface area (Å²) in [5, 5.41) is 0. The molecule has 1 rings (SSSR count). The molecule has 1 aromatic carbocycles. The van der Waals surface area contributed by atoms with E-state index in [1.807, 2.05) is 0 Å². The highest BCUT2D eigenvalue weighted by atomic mass is 79.9. The third-order valence-corrected chi connectivity index (χ3v) is 3.37. The third kappa shape index (κ3) is 3.49. The Kier molecular flexibility index (Phi) is 4.44. The summed E-state index contributed by atoms with van der Waals surface area (Å²) in [6.45, 7) is 1.38. The van der Waals surface area contributed by atoms with Crippen molar-refractivity contribution in [1.82, 2.24) is 0 Å². The molecule has 1 aromatic rings. The number of hydrogen-bond donors (Lipinski definition) is 0. The molecule has 0 N–H and O–H groups in total. The Bertz CT molecular complexity index is 547. The quantitative estimate of drug-likeness (QED) is 0.477. The molecule has 0 saturated carbocycles. The van der Waals surface area contributed by atoms with Gasteiger partial charge in [-0.15, -0.1) is 0 Å². The van der Waals surface area contributed by atoms with E-state index < -0.39 is 15.6 Å². The molecule has 0 saturated heterocycles. The largest absolute Gasteiger partial charge is 0.534 e. The SMILES string of the molecule is C/C=C(\OS(=O)(=O)C(F)(F)F)c1ccc(Br)cc1. The molecule has 0 radical (unpaired) electrons. The summed E-state index contributed by atoms with van der Waals surface area (Å²) in [6, 6.07) is 5.99. The summed E-state index contributed by atoms with van der Waals surface area (Å²) >= 11 is 3.15. The molecular weight excluding hydrogens is 337 g/mol. The van der Waals surface area contributed by atoms with E-state index in [9.17, 15) is 21.6 Å². The van der Waals surface area contributed by atoms with Crippen LogP contribution in [-0.2, 0) is 14.3 Å². The van der Waals surface area contributed by atoms with Gasteiger partial charge >= 0.3 is 15.6 Å². The van der Waals surface area contributed by atoms with Crippen molar-refractivity contribution in [3.63, 3.8) is 0 Å². The number of hydrogen-bond acceptors (Lipinski definition) is 3. The van der Waals surface area contributed by atoms with Crippen LogP contribution in [0, 0.1) is 0 Å². The fourth-order valence-electron chi connectivity index (χ4n) is 1.04. The van der Waals surface area contributed by atoms with Crippen molar-refractivity contribution in [1.29, 1.82) is 0 Å². The van der Waals surface area contributed by atoms with Gasteiger partial charge in [0, 0.05) is 10.0 Å². The zero-order chi connectivity index (χ0) is 14.0. The summed E-state index contributed by atoms with van der Waals surface area (Å²) in [5.74, 6) is -0.375. The van der Waals surface area contributed by atoms with Gasteiger partial charge in [-0.25, -0.2) is 0 Å². The van der Waals surface area contributed by atoms with E-state index in [0.717, 1.165) is 6.08 Å². The molecule has 0 aliphatic carbocycles. The van der Waals surface area contributed by atoms with Gasteiger partial charge in [-0.2, -0.15) is 21.6 Å². The Balaban J connectivity index is 3.05. The molecule has 0 heterocycles. The van der Waals surface area contributed by atoms with Gasteiger partial charge in [0.2, 0.25) is 0 Å². The maximum atomic E-state index is 12.2. The van der Waals surface area contributed by atoms with Crippen molar-refractivity contribution < 1.29 is 25.8 Å². The normalized spacial score (nSPS) is 13.5. The van der Waals surface area contributed by atoms with Crippen LogP contribution in [0.2, 0.25) is 0 Å². The Hall–Kier alpha value is -1.02. The Morgan fingerprint density at radius 1 is 1.28 bits per heavy atom. The summed E-state index contributed by atoms with van der Waals surface area (Å²) in [5.41, 5.74) is -5.22. The summed E-state index contributed by atoms with van der Waals surface area (Å²) in [7, 11) is -5.65. The minimum absolute atomic E-state index is 0.230. The summed E-state index contributed by atoms with van der Waals surface area (Å²) in [6.07, 6.45) is 1.15. The lowest BCUT2D eigenvalue weighted by atomic mass is 10.2. The minimum Gasteiger partial charge on any atom is -0.376 e. The maximum Gasteiger partial charge on any atom is 0.534 e. The van der Waals surface area contributed by atoms with E-state index in [1.54, 1.807) is 12.1 Å². The third-order valence-electron chi connectivity index (χ3n) is 1.87. The fraction of sp³-hybridized carbons (Fsp3) is 0.200. The van der Waals surface area contributed by atoms with Gasteiger partial charge < -0.3 is 4.18 Å². The van der Waals surface area contributed by atoms with Gasteiger partial charge in [0.25, 0.3) is 0 Å². The van der Waals surface area contributed by atoms with Crippen molar-refractivity contribution >= 4 is 31.8 Å². The van der Waals surface area contributed by atoms with Gasteiger partial charge in [-0.1, -0.05) is 28.1 Å². The predicted molar refractivity (Wildman–Crippen MR) is 63.9 cm³/mol. The second-order valence-electron chi connectivity index (χ2n) is 3.14. The number of benzene rings is 1. The van der Waals surface area contributed by atoms with Crippen LogP contribution >= 0.6 is 15.9 Å². The lowest BCUT2D eigenvalue weighted by molar-refractivity contribution is -0.0509. The Morgan fingerprint density at radius 3 is 2.17 bits per heavy atom. The zero-order valence-corrected chi connectivity index (χ0v) is 11.4. The monoisotopic (exact) mass is 344 g/mol. The van der Waals surface area contributed by atoms with E-state index >= 15 is 0 Å². The van der Waals surface area contributed by atoms with Crippen LogP contribution in [-0.4, -0.2) is 13.9 Å². The first-order valence-corrected chi connectivity index (χ1v) is 6.80. The molecule has 0 fully saturated rings.